The summed E-state index contributed by atoms with van der Waals surface area (Å²) < 4.78 is 58.4. The van der Waals surface area contributed by atoms with E-state index in [-0.39, 0.29) is 23.4 Å². The predicted octanol–water partition coefficient (Wildman–Crippen LogP) is 7.21. The standard InChI is InChI=1S/C31H23ClF3N3O4/c1-40-26-14-19(15-27(41-2)28(26)42-18-21-8-3-5-12-24(21)32)17-36-38-29(20-9-7-10-22(16-20)31(33,34)35)37-25-13-6-4-11-23(25)30(38)39/h3-17H,18H2,1-2H3. The molecule has 5 aromatic rings. The summed E-state index contributed by atoms with van der Waals surface area (Å²) in [6, 6.07) is 21.6. The minimum atomic E-state index is -4.58. The fourth-order valence-electron chi connectivity index (χ4n) is 4.26. The molecule has 0 saturated carbocycles. The monoisotopic (exact) mass is 593 g/mol. The van der Waals surface area contributed by atoms with Gasteiger partial charge in [0.2, 0.25) is 5.75 Å². The van der Waals surface area contributed by atoms with Gasteiger partial charge in [0.15, 0.2) is 17.3 Å². The number of halogens is 4. The van der Waals surface area contributed by atoms with Gasteiger partial charge in [-0.05, 0) is 42.5 Å². The smallest absolute Gasteiger partial charge is 0.416 e. The van der Waals surface area contributed by atoms with E-state index in [0.29, 0.717) is 33.4 Å². The first kappa shape index (κ1) is 28.7. The van der Waals surface area contributed by atoms with Crippen molar-refractivity contribution in [3.8, 4) is 28.6 Å². The third-order valence-corrected chi connectivity index (χ3v) is 6.71. The van der Waals surface area contributed by atoms with E-state index < -0.39 is 17.3 Å². The number of nitrogens with zero attached hydrogens (tertiary/aromatic N) is 3. The number of methoxy groups -OCH3 is 2. The molecule has 0 spiro atoms. The van der Waals surface area contributed by atoms with E-state index in [1.807, 2.05) is 18.2 Å². The van der Waals surface area contributed by atoms with Crippen molar-refractivity contribution >= 4 is 28.7 Å². The maximum atomic E-state index is 13.5. The average Bonchev–Trinajstić information content (AvgIpc) is 2.99. The Kier molecular flexibility index (Phi) is 8.17. The Morgan fingerprint density at radius 3 is 2.31 bits per heavy atom. The first-order chi connectivity index (χ1) is 20.2. The highest BCUT2D eigenvalue weighted by atomic mass is 35.5. The summed E-state index contributed by atoms with van der Waals surface area (Å²) >= 11 is 6.25. The van der Waals surface area contributed by atoms with Gasteiger partial charge in [-0.3, -0.25) is 4.79 Å². The van der Waals surface area contributed by atoms with E-state index >= 15 is 0 Å². The molecule has 0 radical (unpaired) electrons. The maximum absolute atomic E-state index is 13.5. The number of aromatic nitrogens is 2. The zero-order valence-electron chi connectivity index (χ0n) is 22.4. The van der Waals surface area contributed by atoms with Crippen molar-refractivity contribution in [2.24, 2.45) is 5.10 Å². The Hall–Kier alpha value is -4.83. The van der Waals surface area contributed by atoms with Crippen LogP contribution in [0.2, 0.25) is 5.02 Å². The van der Waals surface area contributed by atoms with Crippen molar-refractivity contribution < 1.29 is 27.4 Å². The molecule has 0 amide bonds. The van der Waals surface area contributed by atoms with Gasteiger partial charge in [-0.15, -0.1) is 0 Å². The number of alkyl halides is 3. The highest BCUT2D eigenvalue weighted by molar-refractivity contribution is 6.31. The molecule has 7 nitrogen and oxygen atoms in total. The molecule has 0 unspecified atom stereocenters. The maximum Gasteiger partial charge on any atom is 0.416 e. The molecule has 0 bridgehead atoms. The normalized spacial score (nSPS) is 11.7. The summed E-state index contributed by atoms with van der Waals surface area (Å²) in [4.78, 5) is 18.0. The zero-order valence-corrected chi connectivity index (χ0v) is 23.1. The molecule has 0 aliphatic heterocycles. The van der Waals surface area contributed by atoms with Gasteiger partial charge in [-0.2, -0.15) is 22.9 Å². The van der Waals surface area contributed by atoms with Gasteiger partial charge >= 0.3 is 6.18 Å². The predicted molar refractivity (Wildman–Crippen MR) is 155 cm³/mol. The van der Waals surface area contributed by atoms with Crippen molar-refractivity contribution in [2.45, 2.75) is 12.8 Å². The zero-order chi connectivity index (χ0) is 29.9. The largest absolute Gasteiger partial charge is 0.493 e. The quantitative estimate of drug-likeness (QED) is 0.178. The number of hydrogen-bond acceptors (Lipinski definition) is 6. The molecule has 0 atom stereocenters. The molecular weight excluding hydrogens is 571 g/mol. The lowest BCUT2D eigenvalue weighted by Gasteiger charge is -2.16. The molecular formula is C31H23ClF3N3O4. The highest BCUT2D eigenvalue weighted by Crippen LogP contribution is 2.39. The molecule has 11 heteroatoms. The Morgan fingerprint density at radius 1 is 0.929 bits per heavy atom. The summed E-state index contributed by atoms with van der Waals surface area (Å²) in [5, 5.41) is 5.15. The van der Waals surface area contributed by atoms with Crippen LogP contribution in [0.25, 0.3) is 22.3 Å². The topological polar surface area (TPSA) is 74.9 Å². The molecule has 0 saturated heterocycles. The van der Waals surface area contributed by atoms with Crippen LogP contribution in [0.1, 0.15) is 16.7 Å². The van der Waals surface area contributed by atoms with Crippen LogP contribution in [0.4, 0.5) is 13.2 Å². The highest BCUT2D eigenvalue weighted by Gasteiger charge is 2.31. The first-order valence-electron chi connectivity index (χ1n) is 12.6. The van der Waals surface area contributed by atoms with E-state index in [2.05, 4.69) is 10.1 Å². The summed E-state index contributed by atoms with van der Waals surface area (Å²) in [6.45, 7) is 0.151. The Balaban J connectivity index is 1.58. The van der Waals surface area contributed by atoms with Gasteiger partial charge in [0, 0.05) is 21.7 Å². The number of benzene rings is 4. The number of rotatable bonds is 8. The van der Waals surface area contributed by atoms with Crippen molar-refractivity contribution in [2.75, 3.05) is 14.2 Å². The van der Waals surface area contributed by atoms with Crippen molar-refractivity contribution in [3.05, 3.63) is 117 Å². The molecule has 214 valence electrons. The van der Waals surface area contributed by atoms with Crippen molar-refractivity contribution in [1.82, 2.24) is 9.66 Å². The minimum absolute atomic E-state index is 0.0559. The Labute approximate surface area is 243 Å². The van der Waals surface area contributed by atoms with Crippen LogP contribution in [0.5, 0.6) is 17.2 Å². The molecule has 5 rings (SSSR count). The molecule has 1 aromatic heterocycles. The van der Waals surface area contributed by atoms with E-state index in [0.717, 1.165) is 22.4 Å². The van der Waals surface area contributed by atoms with Crippen LogP contribution in [0, 0.1) is 0 Å². The van der Waals surface area contributed by atoms with Gasteiger partial charge in [0.1, 0.15) is 6.61 Å². The van der Waals surface area contributed by atoms with Gasteiger partial charge in [-0.1, -0.05) is 54.1 Å². The second-order valence-corrected chi connectivity index (χ2v) is 9.43. The van der Waals surface area contributed by atoms with Crippen LogP contribution in [-0.2, 0) is 12.8 Å². The van der Waals surface area contributed by atoms with Crippen LogP contribution in [0.3, 0.4) is 0 Å². The average molecular weight is 594 g/mol. The molecule has 0 aliphatic rings. The molecule has 42 heavy (non-hydrogen) atoms. The van der Waals surface area contributed by atoms with Crippen LogP contribution >= 0.6 is 11.6 Å². The number of ether oxygens (including phenoxy) is 3. The molecule has 0 N–H and O–H groups in total. The lowest BCUT2D eigenvalue weighted by molar-refractivity contribution is -0.137. The van der Waals surface area contributed by atoms with E-state index in [4.69, 9.17) is 25.8 Å². The number of hydrogen-bond donors (Lipinski definition) is 0. The molecule has 1 heterocycles. The van der Waals surface area contributed by atoms with Crippen LogP contribution in [-0.4, -0.2) is 30.1 Å². The fraction of sp³-hybridized carbons (Fsp3) is 0.129. The third kappa shape index (κ3) is 5.94. The van der Waals surface area contributed by atoms with E-state index in [1.54, 1.807) is 42.5 Å². The lowest BCUT2D eigenvalue weighted by Crippen LogP contribution is -2.20. The molecule has 0 aliphatic carbocycles. The first-order valence-corrected chi connectivity index (χ1v) is 12.9. The lowest BCUT2D eigenvalue weighted by atomic mass is 10.1. The second-order valence-electron chi connectivity index (χ2n) is 9.03. The van der Waals surface area contributed by atoms with E-state index in [1.165, 1.54) is 32.6 Å². The fourth-order valence-corrected chi connectivity index (χ4v) is 4.45. The summed E-state index contributed by atoms with van der Waals surface area (Å²) in [6.07, 6.45) is -3.22. The SMILES string of the molecule is COc1cc(C=Nn2c(-c3cccc(C(F)(F)F)c3)nc3ccccc3c2=O)cc(OC)c1OCc1ccccc1Cl. The molecule has 0 fully saturated rings. The summed E-state index contributed by atoms with van der Waals surface area (Å²) in [5.74, 6) is 0.917. The summed E-state index contributed by atoms with van der Waals surface area (Å²) in [5.41, 5.74) is 0.193. The number of para-hydroxylation sites is 1. The van der Waals surface area contributed by atoms with Gasteiger partial charge < -0.3 is 14.2 Å². The van der Waals surface area contributed by atoms with Crippen molar-refractivity contribution in [1.29, 1.82) is 0 Å². The second kappa shape index (κ2) is 12.0. The third-order valence-electron chi connectivity index (χ3n) is 6.34. The van der Waals surface area contributed by atoms with Crippen molar-refractivity contribution in [3.63, 3.8) is 0 Å². The van der Waals surface area contributed by atoms with Gasteiger partial charge in [0.25, 0.3) is 5.56 Å². The minimum Gasteiger partial charge on any atom is -0.493 e. The number of fused-ring (bicyclic) bond motifs is 1. The van der Waals surface area contributed by atoms with E-state index in [9.17, 15) is 18.0 Å². The van der Waals surface area contributed by atoms with Crippen LogP contribution in [0.15, 0.2) is 94.8 Å². The Bertz CT molecular complexity index is 1830. The van der Waals surface area contributed by atoms with Gasteiger partial charge in [0.05, 0.1) is 36.9 Å². The Morgan fingerprint density at radius 2 is 1.62 bits per heavy atom. The molecule has 4 aromatic carbocycles. The van der Waals surface area contributed by atoms with Gasteiger partial charge in [-0.25, -0.2) is 4.98 Å². The summed E-state index contributed by atoms with van der Waals surface area (Å²) in [7, 11) is 2.92. The van der Waals surface area contributed by atoms with Crippen LogP contribution < -0.4 is 19.8 Å².